The van der Waals surface area contributed by atoms with Crippen molar-refractivity contribution in [1.82, 2.24) is 0 Å². The third-order valence-electron chi connectivity index (χ3n) is 2.74. The molecule has 0 amide bonds. The molecule has 0 aliphatic carbocycles. The summed E-state index contributed by atoms with van der Waals surface area (Å²) in [6, 6.07) is 6.30. The third kappa shape index (κ3) is 2.93. The molecule has 0 saturated carbocycles. The van der Waals surface area contributed by atoms with Gasteiger partial charge < -0.3 is 0 Å². The highest BCUT2D eigenvalue weighted by Gasteiger charge is 2.31. The van der Waals surface area contributed by atoms with E-state index in [1.807, 2.05) is 0 Å². The highest BCUT2D eigenvalue weighted by molar-refractivity contribution is 6.17. The molecule has 2 aromatic rings. The van der Waals surface area contributed by atoms with Crippen molar-refractivity contribution < 1.29 is 22.0 Å². The molecule has 0 aliphatic rings. The molecule has 0 N–H and O–H groups in total. The van der Waals surface area contributed by atoms with Gasteiger partial charge in [-0.1, -0.05) is 12.1 Å². The number of hydrogen-bond donors (Lipinski definition) is 0. The SMILES string of the molecule is Fc1cccc(-c2cc(CCl)cc(C(F)(F)F)c2)c1F. The van der Waals surface area contributed by atoms with Gasteiger partial charge in [0.25, 0.3) is 0 Å². The van der Waals surface area contributed by atoms with Gasteiger partial charge in [-0.25, -0.2) is 8.78 Å². The fourth-order valence-corrected chi connectivity index (χ4v) is 1.97. The maximum atomic E-state index is 13.7. The van der Waals surface area contributed by atoms with Crippen molar-refractivity contribution in [2.24, 2.45) is 0 Å². The number of hydrogen-bond acceptors (Lipinski definition) is 0. The van der Waals surface area contributed by atoms with Gasteiger partial charge in [-0.15, -0.1) is 11.6 Å². The Labute approximate surface area is 116 Å². The van der Waals surface area contributed by atoms with E-state index in [-0.39, 0.29) is 22.6 Å². The lowest BCUT2D eigenvalue weighted by molar-refractivity contribution is -0.137. The van der Waals surface area contributed by atoms with Gasteiger partial charge in [0.2, 0.25) is 0 Å². The van der Waals surface area contributed by atoms with Crippen molar-refractivity contribution in [3.8, 4) is 11.1 Å². The zero-order valence-corrected chi connectivity index (χ0v) is 10.7. The smallest absolute Gasteiger partial charge is 0.204 e. The molecule has 0 aliphatic heterocycles. The van der Waals surface area contributed by atoms with Crippen LogP contribution in [-0.2, 0) is 12.1 Å². The minimum absolute atomic E-state index is 0.0625. The van der Waals surface area contributed by atoms with Crippen molar-refractivity contribution >= 4 is 11.6 Å². The normalized spacial score (nSPS) is 11.7. The Morgan fingerprint density at radius 3 is 2.30 bits per heavy atom. The molecule has 0 heterocycles. The number of rotatable bonds is 2. The van der Waals surface area contributed by atoms with Crippen molar-refractivity contribution in [2.75, 3.05) is 0 Å². The highest BCUT2D eigenvalue weighted by atomic mass is 35.5. The van der Waals surface area contributed by atoms with Crippen LogP contribution in [0.15, 0.2) is 36.4 Å². The van der Waals surface area contributed by atoms with Gasteiger partial charge in [0.1, 0.15) is 0 Å². The molecule has 106 valence electrons. The predicted molar refractivity (Wildman–Crippen MR) is 66.4 cm³/mol. The highest BCUT2D eigenvalue weighted by Crippen LogP contribution is 2.34. The van der Waals surface area contributed by atoms with E-state index in [0.717, 1.165) is 18.2 Å². The van der Waals surface area contributed by atoms with Crippen LogP contribution in [0, 0.1) is 11.6 Å². The number of halogens is 6. The molecule has 0 radical (unpaired) electrons. The first-order chi connectivity index (χ1) is 9.32. The third-order valence-corrected chi connectivity index (χ3v) is 3.05. The fraction of sp³-hybridized carbons (Fsp3) is 0.143. The lowest BCUT2D eigenvalue weighted by atomic mass is 9.99. The van der Waals surface area contributed by atoms with Crippen LogP contribution < -0.4 is 0 Å². The lowest BCUT2D eigenvalue weighted by Gasteiger charge is -2.12. The molecule has 0 fully saturated rings. The average Bonchev–Trinajstić information content (AvgIpc) is 2.40. The fourth-order valence-electron chi connectivity index (χ4n) is 1.82. The van der Waals surface area contributed by atoms with Crippen LogP contribution in [0.5, 0.6) is 0 Å². The monoisotopic (exact) mass is 306 g/mol. The van der Waals surface area contributed by atoms with E-state index in [2.05, 4.69) is 0 Å². The second kappa shape index (κ2) is 5.40. The first-order valence-corrected chi connectivity index (χ1v) is 6.08. The molecule has 0 bridgehead atoms. The molecule has 0 atom stereocenters. The van der Waals surface area contributed by atoms with Crippen LogP contribution in [0.25, 0.3) is 11.1 Å². The van der Waals surface area contributed by atoms with E-state index in [0.29, 0.717) is 0 Å². The van der Waals surface area contributed by atoms with Crippen molar-refractivity contribution in [1.29, 1.82) is 0 Å². The second-order valence-corrected chi connectivity index (χ2v) is 4.42. The standard InChI is InChI=1S/C14H8ClF5/c15-7-8-4-9(6-10(5-8)14(18,19)20)11-2-1-3-12(16)13(11)17/h1-6H,7H2. The molecule has 6 heteroatoms. The first kappa shape index (κ1) is 14.8. The minimum Gasteiger partial charge on any atom is -0.204 e. The molecule has 0 saturated heterocycles. The van der Waals surface area contributed by atoms with Crippen LogP contribution in [-0.4, -0.2) is 0 Å². The molecule has 0 unspecified atom stereocenters. The summed E-state index contributed by atoms with van der Waals surface area (Å²) in [7, 11) is 0. The Morgan fingerprint density at radius 2 is 1.70 bits per heavy atom. The molecule has 0 spiro atoms. The predicted octanol–water partition coefficient (Wildman–Crippen LogP) is 5.39. The summed E-state index contributed by atoms with van der Waals surface area (Å²) in [5.74, 6) is -2.46. The zero-order chi connectivity index (χ0) is 14.9. The van der Waals surface area contributed by atoms with E-state index in [4.69, 9.17) is 11.6 Å². The summed E-state index contributed by atoms with van der Waals surface area (Å²) < 4.78 is 65.1. The van der Waals surface area contributed by atoms with Crippen molar-refractivity contribution in [3.63, 3.8) is 0 Å². The second-order valence-electron chi connectivity index (χ2n) is 4.15. The van der Waals surface area contributed by atoms with Gasteiger partial charge in [-0.2, -0.15) is 13.2 Å². The van der Waals surface area contributed by atoms with Gasteiger partial charge in [0.05, 0.1) is 5.56 Å². The molecule has 2 aromatic carbocycles. The minimum atomic E-state index is -4.58. The van der Waals surface area contributed by atoms with E-state index >= 15 is 0 Å². The Balaban J connectivity index is 2.65. The number of alkyl halides is 4. The van der Waals surface area contributed by atoms with E-state index in [1.165, 1.54) is 18.2 Å². The lowest BCUT2D eigenvalue weighted by Crippen LogP contribution is -2.06. The summed E-state index contributed by atoms with van der Waals surface area (Å²) in [4.78, 5) is 0. The van der Waals surface area contributed by atoms with E-state index < -0.39 is 23.4 Å². The quantitative estimate of drug-likeness (QED) is 0.515. The van der Waals surface area contributed by atoms with E-state index in [9.17, 15) is 22.0 Å². The van der Waals surface area contributed by atoms with Gasteiger partial charge >= 0.3 is 6.18 Å². The topological polar surface area (TPSA) is 0 Å². The molecule has 2 rings (SSSR count). The average molecular weight is 307 g/mol. The summed E-state index contributed by atoms with van der Waals surface area (Å²) in [6.45, 7) is 0. The maximum Gasteiger partial charge on any atom is 0.416 e. The summed E-state index contributed by atoms with van der Waals surface area (Å²) >= 11 is 5.54. The zero-order valence-electron chi connectivity index (χ0n) is 9.94. The summed E-state index contributed by atoms with van der Waals surface area (Å²) in [5.41, 5.74) is -1.07. The van der Waals surface area contributed by atoms with Crippen LogP contribution in [0.1, 0.15) is 11.1 Å². The van der Waals surface area contributed by atoms with Crippen molar-refractivity contribution in [3.05, 3.63) is 59.2 Å². The van der Waals surface area contributed by atoms with Crippen LogP contribution in [0.3, 0.4) is 0 Å². The van der Waals surface area contributed by atoms with Crippen LogP contribution in [0.2, 0.25) is 0 Å². The Bertz CT molecular complexity index is 634. The van der Waals surface area contributed by atoms with Gasteiger partial charge in [-0.3, -0.25) is 0 Å². The van der Waals surface area contributed by atoms with Gasteiger partial charge in [-0.05, 0) is 35.4 Å². The summed E-state index contributed by atoms with van der Waals surface area (Å²) in [6.07, 6.45) is -4.58. The Morgan fingerprint density at radius 1 is 1.00 bits per heavy atom. The molecule has 0 aromatic heterocycles. The summed E-state index contributed by atoms with van der Waals surface area (Å²) in [5, 5.41) is 0. The van der Waals surface area contributed by atoms with Gasteiger partial charge in [0.15, 0.2) is 11.6 Å². The molecular formula is C14H8ClF5. The van der Waals surface area contributed by atoms with Crippen molar-refractivity contribution in [2.45, 2.75) is 12.1 Å². The van der Waals surface area contributed by atoms with Gasteiger partial charge in [0, 0.05) is 11.4 Å². The molecular weight excluding hydrogens is 299 g/mol. The largest absolute Gasteiger partial charge is 0.416 e. The maximum absolute atomic E-state index is 13.7. The molecule has 20 heavy (non-hydrogen) atoms. The van der Waals surface area contributed by atoms with E-state index in [1.54, 1.807) is 0 Å². The molecule has 0 nitrogen and oxygen atoms in total. The van der Waals surface area contributed by atoms with Crippen LogP contribution in [0.4, 0.5) is 22.0 Å². The first-order valence-electron chi connectivity index (χ1n) is 5.54. The number of benzene rings is 2. The Hall–Kier alpha value is -1.62. The van der Waals surface area contributed by atoms with Crippen LogP contribution >= 0.6 is 11.6 Å². The Kier molecular flexibility index (Phi) is 3.99.